The summed E-state index contributed by atoms with van der Waals surface area (Å²) in [5.74, 6) is 3.37. The molecule has 7 atom stereocenters. The molecule has 0 radical (unpaired) electrons. The van der Waals surface area contributed by atoms with Gasteiger partial charge in [0.05, 0.1) is 0 Å². The zero-order valence-electron chi connectivity index (χ0n) is 22.6. The first kappa shape index (κ1) is 29.3. The molecule has 4 nitrogen and oxygen atoms in total. The van der Waals surface area contributed by atoms with Gasteiger partial charge in [-0.05, 0) is 107 Å². The largest absolute Gasteiger partial charge is 0.400 e. The molecule has 0 saturated heterocycles. The third-order valence-corrected chi connectivity index (χ3v) is 9.40. The van der Waals surface area contributed by atoms with E-state index in [0.29, 0.717) is 22.8 Å². The van der Waals surface area contributed by atoms with E-state index in [9.17, 15) is 0 Å². The van der Waals surface area contributed by atoms with E-state index < -0.39 is 0 Å². The fraction of sp³-hybridized carbons (Fsp3) is 0.893. The lowest BCUT2D eigenvalue weighted by atomic mass is 9.47. The van der Waals surface area contributed by atoms with Gasteiger partial charge in [-0.1, -0.05) is 39.3 Å². The molecule has 0 aromatic carbocycles. The number of likely N-dealkylation sites (N-methyl/N-ethyl adjacent to an activating group) is 1. The molecule has 0 amide bonds. The Hall–Kier alpha value is -0.710. The molecule has 3 fully saturated rings. The van der Waals surface area contributed by atoms with E-state index in [2.05, 4.69) is 32.2 Å². The van der Waals surface area contributed by atoms with Crippen LogP contribution >= 0.6 is 0 Å². The number of nitrogens with one attached hydrogen (secondary N) is 2. The summed E-state index contributed by atoms with van der Waals surface area (Å²) in [7, 11) is 2.90. The molecule has 32 heavy (non-hydrogen) atoms. The lowest BCUT2D eigenvalue weighted by Gasteiger charge is -2.58. The van der Waals surface area contributed by atoms with Crippen LogP contribution in [-0.2, 0) is 0 Å². The predicted octanol–water partition coefficient (Wildman–Crippen LogP) is 6.18. The number of aliphatic hydroxyl groups excluding tert-OH is 1. The van der Waals surface area contributed by atoms with Crippen LogP contribution in [0.25, 0.3) is 0 Å². The molecule has 0 aromatic rings. The first-order valence-corrected chi connectivity index (χ1v) is 13.3. The second-order valence-electron chi connectivity index (χ2n) is 10.7. The Balaban J connectivity index is 0.000000441. The molecule has 0 aromatic heterocycles. The van der Waals surface area contributed by atoms with E-state index in [4.69, 9.17) is 16.2 Å². The molecule has 0 bridgehead atoms. The van der Waals surface area contributed by atoms with Gasteiger partial charge in [-0.2, -0.15) is 0 Å². The normalized spacial score (nSPS) is 37.9. The van der Waals surface area contributed by atoms with E-state index in [1.165, 1.54) is 57.8 Å². The monoisotopic (exact) mass is 449 g/mol. The standard InChI is InChI=1S/C21H33N.C4H12N2.C2H6.CH4O/c1-14(22)17-9-10-18-16-8-7-15-6-4-5-12-20(15,2)19(16)11-13-21(17,18)3;1-4(3-5)6-2;2*1-2/h6,16-19,22H,4-5,7-13H2,1-3H3;4,6H,3,5H2,1-2H3;1-2H3;2H,1H3. The second-order valence-corrected chi connectivity index (χ2v) is 10.7. The van der Waals surface area contributed by atoms with Crippen molar-refractivity contribution < 1.29 is 5.11 Å². The average molecular weight is 450 g/mol. The summed E-state index contributed by atoms with van der Waals surface area (Å²) in [5.41, 5.74) is 8.97. The summed E-state index contributed by atoms with van der Waals surface area (Å²) in [6.07, 6.45) is 15.1. The highest BCUT2D eigenvalue weighted by atomic mass is 16.2. The minimum Gasteiger partial charge on any atom is -0.400 e. The molecule has 0 heterocycles. The molecule has 188 valence electrons. The third-order valence-electron chi connectivity index (χ3n) is 9.40. The van der Waals surface area contributed by atoms with Crippen molar-refractivity contribution in [1.82, 2.24) is 5.32 Å². The van der Waals surface area contributed by atoms with E-state index in [-0.39, 0.29) is 0 Å². The van der Waals surface area contributed by atoms with Crippen molar-refractivity contribution >= 4 is 5.71 Å². The Bertz CT molecular complexity index is 599. The number of nitrogens with two attached hydrogens (primary N) is 1. The highest BCUT2D eigenvalue weighted by Crippen LogP contribution is 2.66. The van der Waals surface area contributed by atoms with Gasteiger partial charge in [-0.3, -0.25) is 0 Å². The Kier molecular flexibility index (Phi) is 12.1. The Morgan fingerprint density at radius 3 is 2.34 bits per heavy atom. The van der Waals surface area contributed by atoms with Gasteiger partial charge in [0.2, 0.25) is 0 Å². The summed E-state index contributed by atoms with van der Waals surface area (Å²) in [6, 6.07) is 0.463. The summed E-state index contributed by atoms with van der Waals surface area (Å²) in [5, 5.41) is 18.2. The maximum atomic E-state index is 8.25. The van der Waals surface area contributed by atoms with Crippen LogP contribution in [0.15, 0.2) is 11.6 Å². The van der Waals surface area contributed by atoms with Crippen LogP contribution in [0.3, 0.4) is 0 Å². The molecule has 7 unspecified atom stereocenters. The Morgan fingerprint density at radius 2 is 1.81 bits per heavy atom. The molecule has 4 aliphatic rings. The second kappa shape index (κ2) is 13.2. The maximum absolute atomic E-state index is 8.25. The number of hydrogen-bond acceptors (Lipinski definition) is 4. The van der Waals surface area contributed by atoms with E-state index >= 15 is 0 Å². The third kappa shape index (κ3) is 5.85. The van der Waals surface area contributed by atoms with Crippen LogP contribution in [-0.4, -0.2) is 37.6 Å². The molecule has 5 N–H and O–H groups in total. The van der Waals surface area contributed by atoms with Crippen molar-refractivity contribution in [2.24, 2.45) is 40.2 Å². The van der Waals surface area contributed by atoms with Crippen molar-refractivity contribution in [2.75, 3.05) is 20.7 Å². The highest BCUT2D eigenvalue weighted by Gasteiger charge is 2.58. The van der Waals surface area contributed by atoms with Gasteiger partial charge in [0, 0.05) is 31.3 Å². The van der Waals surface area contributed by atoms with Crippen LogP contribution in [0.5, 0.6) is 0 Å². The number of hydrogen-bond donors (Lipinski definition) is 4. The van der Waals surface area contributed by atoms with Gasteiger partial charge in [-0.15, -0.1) is 0 Å². The summed E-state index contributed by atoms with van der Waals surface area (Å²) >= 11 is 0. The number of allylic oxidation sites excluding steroid dienone is 2. The number of fused-ring (bicyclic) bond motifs is 5. The lowest BCUT2D eigenvalue weighted by molar-refractivity contribution is -0.0431. The van der Waals surface area contributed by atoms with Gasteiger partial charge in [0.15, 0.2) is 0 Å². The van der Waals surface area contributed by atoms with Gasteiger partial charge >= 0.3 is 0 Å². The quantitative estimate of drug-likeness (QED) is 0.306. The van der Waals surface area contributed by atoms with Gasteiger partial charge in [0.1, 0.15) is 0 Å². The van der Waals surface area contributed by atoms with Gasteiger partial charge in [0.25, 0.3) is 0 Å². The van der Waals surface area contributed by atoms with Crippen molar-refractivity contribution in [3.8, 4) is 0 Å². The topological polar surface area (TPSA) is 82.1 Å². The SMILES string of the molecule is CC.CC(=N)C1CCC2C3CCC4=CCCCC4(C)C3CCC12C.CNC(C)CN.CO. The van der Waals surface area contributed by atoms with Crippen molar-refractivity contribution in [2.45, 2.75) is 105 Å². The number of rotatable bonds is 3. The molecular weight excluding hydrogens is 394 g/mol. The molecule has 4 rings (SSSR count). The van der Waals surface area contributed by atoms with Crippen LogP contribution in [0.4, 0.5) is 0 Å². The van der Waals surface area contributed by atoms with E-state index in [1.54, 1.807) is 0 Å². The summed E-state index contributed by atoms with van der Waals surface area (Å²) in [6.45, 7) is 14.0. The predicted molar refractivity (Wildman–Crippen MR) is 140 cm³/mol. The Morgan fingerprint density at radius 1 is 1.16 bits per heavy atom. The zero-order valence-corrected chi connectivity index (χ0v) is 22.6. The van der Waals surface area contributed by atoms with Crippen LogP contribution < -0.4 is 11.1 Å². The molecule has 3 saturated carbocycles. The molecule has 4 aliphatic carbocycles. The average Bonchev–Trinajstić information content (AvgIpc) is 3.18. The van der Waals surface area contributed by atoms with E-state index in [0.717, 1.165) is 37.1 Å². The van der Waals surface area contributed by atoms with Crippen molar-refractivity contribution in [1.29, 1.82) is 5.41 Å². The van der Waals surface area contributed by atoms with E-state index in [1.807, 2.05) is 33.4 Å². The molecule has 0 spiro atoms. The fourth-order valence-corrected chi connectivity index (χ4v) is 7.58. The first-order chi connectivity index (χ1) is 15.3. The summed E-state index contributed by atoms with van der Waals surface area (Å²) in [4.78, 5) is 0. The van der Waals surface area contributed by atoms with Crippen molar-refractivity contribution in [3.63, 3.8) is 0 Å². The first-order valence-electron chi connectivity index (χ1n) is 13.3. The van der Waals surface area contributed by atoms with Gasteiger partial charge in [-0.25, -0.2) is 0 Å². The minimum atomic E-state index is 0.444. The molecule has 0 aliphatic heterocycles. The zero-order chi connectivity index (χ0) is 24.5. The van der Waals surface area contributed by atoms with Gasteiger partial charge < -0.3 is 21.6 Å². The lowest BCUT2D eigenvalue weighted by Crippen LogP contribution is -2.50. The minimum absolute atomic E-state index is 0.444. The highest BCUT2D eigenvalue weighted by molar-refractivity contribution is 5.82. The number of aliphatic hydroxyl groups is 1. The Labute approximate surface area is 199 Å². The molecular formula is C28H55N3O. The maximum Gasteiger partial charge on any atom is 0.0319 e. The van der Waals surface area contributed by atoms with Crippen LogP contribution in [0.1, 0.15) is 99.3 Å². The fourth-order valence-electron chi connectivity index (χ4n) is 7.58. The molecule has 4 heteroatoms. The van der Waals surface area contributed by atoms with Crippen molar-refractivity contribution in [3.05, 3.63) is 11.6 Å². The smallest absolute Gasteiger partial charge is 0.0319 e. The van der Waals surface area contributed by atoms with Crippen LogP contribution in [0, 0.1) is 39.9 Å². The van der Waals surface area contributed by atoms with Crippen LogP contribution in [0.2, 0.25) is 0 Å². The summed E-state index contributed by atoms with van der Waals surface area (Å²) < 4.78 is 0.